The zero-order chi connectivity index (χ0) is 30.3. The van der Waals surface area contributed by atoms with Crippen LogP contribution in [0, 0.1) is 46.3 Å². The summed E-state index contributed by atoms with van der Waals surface area (Å²) in [5.41, 5.74) is -0.208. The van der Waals surface area contributed by atoms with Crippen LogP contribution >= 0.6 is 0 Å². The van der Waals surface area contributed by atoms with E-state index in [0.717, 1.165) is 50.7 Å². The number of amides is 1. The Hall–Kier alpha value is -1.74. The van der Waals surface area contributed by atoms with E-state index in [-0.39, 0.29) is 28.9 Å². The second-order valence-electron chi connectivity index (χ2n) is 14.7. The summed E-state index contributed by atoms with van der Waals surface area (Å²) in [6.45, 7) is 3.00. The minimum atomic E-state index is -5.01. The van der Waals surface area contributed by atoms with Crippen LogP contribution in [-0.2, 0) is 4.79 Å². The maximum atomic E-state index is 12.8. The number of aliphatic hydroxyl groups is 2. The number of aliphatic hydroxyl groups excluding tert-OH is 2. The second-order valence-corrected chi connectivity index (χ2v) is 14.7. The van der Waals surface area contributed by atoms with Crippen molar-refractivity contribution in [2.75, 3.05) is 13.2 Å². The Labute approximate surface area is 249 Å². The molecule has 10 atom stereocenters. The topological polar surface area (TPSA) is 78.8 Å². The van der Waals surface area contributed by atoms with Crippen LogP contribution in [0.1, 0.15) is 91.4 Å². The monoisotopic (exact) mass is 592 g/mol. The van der Waals surface area contributed by atoms with Crippen molar-refractivity contribution in [2.24, 2.45) is 46.3 Å². The average molecular weight is 593 g/mol. The molecular formula is C33H50BF3NO4-. The molecule has 0 bridgehead atoms. The quantitative estimate of drug-likeness (QED) is 0.229. The molecule has 4 aliphatic carbocycles. The smallest absolute Gasteiger partial charge is 0.494 e. The molecule has 4 saturated carbocycles. The standard InChI is InChI=1S/C33H50BF3NO4/c1-21(5-12-30(41)38-17-4-18-42-25-8-6-23(7-9-25)34(35,36)37)26-10-11-27-31-28(14-16-33(26,27)3)32(2)15-13-24(39)19-22(32)20-29(31)40/h6-9,21-22,24,26-29,31,39-40H,4-5,10-20H2,1-3H3,(H,38,41)/q-1/t21-,22+,24-,26-,27+,28+,29+,31?,32+,33-/m1/s1. The molecule has 9 heteroatoms. The number of ether oxygens (including phenoxy) is 1. The van der Waals surface area contributed by atoms with E-state index in [1.807, 2.05) is 0 Å². The van der Waals surface area contributed by atoms with E-state index in [2.05, 4.69) is 26.1 Å². The summed E-state index contributed by atoms with van der Waals surface area (Å²) < 4.78 is 43.8. The SMILES string of the molecule is C[C@H](CCC(=O)NCCCOc1ccc([B-](F)(F)F)cc1)[C@H]1CC[C@H]2C3[C@@H](O)C[C@@H]4C[C@H](O)CC[C@]4(C)[C@H]3CC[C@]12C. The maximum absolute atomic E-state index is 12.8. The highest BCUT2D eigenvalue weighted by molar-refractivity contribution is 6.73. The molecule has 1 amide bonds. The van der Waals surface area contributed by atoms with Gasteiger partial charge in [-0.05, 0) is 123 Å². The van der Waals surface area contributed by atoms with Crippen LogP contribution < -0.4 is 15.5 Å². The third-order valence-electron chi connectivity index (χ3n) is 12.4. The molecule has 5 rings (SSSR count). The van der Waals surface area contributed by atoms with E-state index in [1.54, 1.807) is 0 Å². The molecule has 3 N–H and O–H groups in total. The van der Waals surface area contributed by atoms with E-state index in [4.69, 9.17) is 4.74 Å². The second kappa shape index (κ2) is 12.3. The zero-order valence-electron chi connectivity index (χ0n) is 25.5. The number of benzene rings is 1. The minimum absolute atomic E-state index is 0.0307. The van der Waals surface area contributed by atoms with Crippen LogP contribution in [0.3, 0.4) is 0 Å². The van der Waals surface area contributed by atoms with E-state index in [9.17, 15) is 28.0 Å². The first-order valence-corrected chi connectivity index (χ1v) is 16.4. The Kier molecular flexibility index (Phi) is 9.31. The van der Waals surface area contributed by atoms with Gasteiger partial charge in [0.1, 0.15) is 5.75 Å². The lowest BCUT2D eigenvalue weighted by Gasteiger charge is -2.62. The fourth-order valence-electron chi connectivity index (χ4n) is 10.1. The highest BCUT2D eigenvalue weighted by Gasteiger charge is 2.62. The predicted octanol–water partition coefficient (Wildman–Crippen LogP) is 6.03. The van der Waals surface area contributed by atoms with Crippen molar-refractivity contribution in [1.29, 1.82) is 0 Å². The van der Waals surface area contributed by atoms with Crippen molar-refractivity contribution in [3.05, 3.63) is 24.3 Å². The number of hydrogen-bond donors (Lipinski definition) is 3. The zero-order valence-corrected chi connectivity index (χ0v) is 25.5. The van der Waals surface area contributed by atoms with Crippen LogP contribution in [0.5, 0.6) is 5.75 Å². The molecule has 4 fully saturated rings. The van der Waals surface area contributed by atoms with Gasteiger partial charge in [0, 0.05) is 13.0 Å². The van der Waals surface area contributed by atoms with Gasteiger partial charge in [0.15, 0.2) is 0 Å². The Morgan fingerprint density at radius 2 is 1.71 bits per heavy atom. The molecule has 0 spiro atoms. The summed E-state index contributed by atoms with van der Waals surface area (Å²) in [4.78, 5) is 12.6. The van der Waals surface area contributed by atoms with Crippen molar-refractivity contribution in [3.63, 3.8) is 0 Å². The fraction of sp³-hybridized carbons (Fsp3) is 0.788. The number of hydrogen-bond acceptors (Lipinski definition) is 4. The van der Waals surface area contributed by atoms with Crippen molar-refractivity contribution in [2.45, 2.75) is 104 Å². The molecule has 0 heterocycles. The van der Waals surface area contributed by atoms with Crippen molar-refractivity contribution in [3.8, 4) is 5.75 Å². The number of nitrogens with one attached hydrogen (secondary N) is 1. The van der Waals surface area contributed by atoms with E-state index < -0.39 is 12.4 Å². The number of carbonyl (C=O) groups is 1. The Morgan fingerprint density at radius 3 is 2.43 bits per heavy atom. The summed E-state index contributed by atoms with van der Waals surface area (Å²) in [6, 6.07) is 4.73. The van der Waals surface area contributed by atoms with Gasteiger partial charge in [-0.2, -0.15) is 0 Å². The van der Waals surface area contributed by atoms with Gasteiger partial charge < -0.3 is 33.2 Å². The fourth-order valence-corrected chi connectivity index (χ4v) is 10.1. The molecule has 4 aliphatic rings. The summed E-state index contributed by atoms with van der Waals surface area (Å²) >= 11 is 0. The van der Waals surface area contributed by atoms with Gasteiger partial charge in [-0.3, -0.25) is 4.79 Å². The first kappa shape index (κ1) is 31.7. The van der Waals surface area contributed by atoms with Gasteiger partial charge in [-0.25, -0.2) is 0 Å². The normalized spacial score (nSPS) is 38.6. The van der Waals surface area contributed by atoms with Crippen LogP contribution in [0.4, 0.5) is 12.9 Å². The molecule has 0 aliphatic heterocycles. The number of halogens is 3. The molecular weight excluding hydrogens is 542 g/mol. The third-order valence-corrected chi connectivity index (χ3v) is 12.4. The minimum Gasteiger partial charge on any atom is -0.494 e. The molecule has 1 aromatic rings. The average Bonchev–Trinajstić information content (AvgIpc) is 3.29. The van der Waals surface area contributed by atoms with Crippen molar-refractivity contribution in [1.82, 2.24) is 5.32 Å². The van der Waals surface area contributed by atoms with E-state index >= 15 is 0 Å². The highest BCUT2D eigenvalue weighted by Crippen LogP contribution is 2.68. The number of rotatable bonds is 10. The van der Waals surface area contributed by atoms with Gasteiger partial charge in [0.25, 0.3) is 0 Å². The lowest BCUT2D eigenvalue weighted by Crippen LogP contribution is -2.58. The molecule has 5 nitrogen and oxygen atoms in total. The van der Waals surface area contributed by atoms with Crippen LogP contribution in [0.15, 0.2) is 24.3 Å². The first-order valence-electron chi connectivity index (χ1n) is 16.4. The maximum Gasteiger partial charge on any atom is 0.509 e. The van der Waals surface area contributed by atoms with Gasteiger partial charge in [0.2, 0.25) is 5.91 Å². The van der Waals surface area contributed by atoms with Crippen LogP contribution in [0.25, 0.3) is 0 Å². The van der Waals surface area contributed by atoms with Crippen molar-refractivity contribution < 1.29 is 32.7 Å². The lowest BCUT2D eigenvalue weighted by atomic mass is 9.43. The largest absolute Gasteiger partial charge is 0.509 e. The summed E-state index contributed by atoms with van der Waals surface area (Å²) in [5, 5.41) is 24.7. The Morgan fingerprint density at radius 1 is 1.02 bits per heavy atom. The molecule has 0 aromatic heterocycles. The van der Waals surface area contributed by atoms with E-state index in [0.29, 0.717) is 67.3 Å². The summed E-state index contributed by atoms with van der Waals surface area (Å²) in [6.07, 6.45) is 9.75. The van der Waals surface area contributed by atoms with Crippen LogP contribution in [0.2, 0.25) is 0 Å². The third kappa shape index (κ3) is 6.24. The predicted molar refractivity (Wildman–Crippen MR) is 159 cm³/mol. The van der Waals surface area contributed by atoms with E-state index in [1.165, 1.54) is 31.4 Å². The number of carbonyl (C=O) groups excluding carboxylic acids is 1. The first-order chi connectivity index (χ1) is 19.8. The molecule has 1 unspecified atom stereocenters. The van der Waals surface area contributed by atoms with Gasteiger partial charge in [0.05, 0.1) is 18.8 Å². The molecule has 0 saturated heterocycles. The molecule has 0 radical (unpaired) electrons. The van der Waals surface area contributed by atoms with Gasteiger partial charge >= 0.3 is 6.98 Å². The van der Waals surface area contributed by atoms with Gasteiger partial charge in [-0.1, -0.05) is 32.9 Å². The number of fused-ring (bicyclic) bond motifs is 5. The molecule has 42 heavy (non-hydrogen) atoms. The van der Waals surface area contributed by atoms with Crippen molar-refractivity contribution >= 4 is 18.3 Å². The molecule has 236 valence electrons. The summed E-state index contributed by atoms with van der Waals surface area (Å²) in [5.74, 6) is 3.26. The summed E-state index contributed by atoms with van der Waals surface area (Å²) in [7, 11) is 0. The highest BCUT2D eigenvalue weighted by atomic mass is 19.4. The molecule has 1 aromatic carbocycles. The Bertz CT molecular complexity index is 1090. The Balaban J connectivity index is 1.06. The van der Waals surface area contributed by atoms with Gasteiger partial charge in [-0.15, -0.1) is 5.46 Å². The van der Waals surface area contributed by atoms with Crippen LogP contribution in [-0.4, -0.2) is 48.5 Å². The lowest BCUT2D eigenvalue weighted by molar-refractivity contribution is -0.174.